The molecule has 0 amide bonds. The molecule has 0 saturated heterocycles. The average molecular weight is 323 g/mol. The molecule has 0 aromatic rings. The molecule has 0 spiro atoms. The van der Waals surface area contributed by atoms with Crippen LogP contribution in [0.4, 0.5) is 0 Å². The molecular formula is C17H32Cl2O. The number of ether oxygens (including phenoxy) is 1. The molecule has 0 N–H and O–H groups in total. The zero-order valence-corrected chi connectivity index (χ0v) is 14.8. The topological polar surface area (TPSA) is 9.23 Å². The van der Waals surface area contributed by atoms with Crippen molar-refractivity contribution in [3.8, 4) is 0 Å². The summed E-state index contributed by atoms with van der Waals surface area (Å²) >= 11 is 12.2. The predicted octanol–water partition coefficient (Wildman–Crippen LogP) is 6.88. The molecule has 0 bridgehead atoms. The van der Waals surface area contributed by atoms with Crippen LogP contribution in [0.25, 0.3) is 0 Å². The first-order valence-electron chi connectivity index (χ1n) is 8.27. The molecule has 1 unspecified atom stereocenters. The van der Waals surface area contributed by atoms with Gasteiger partial charge in [0.2, 0.25) is 0 Å². The largest absolute Gasteiger partial charge is 0.502 e. The Bertz CT molecular complexity index is 217. The molecule has 0 heterocycles. The van der Waals surface area contributed by atoms with E-state index in [4.69, 9.17) is 27.9 Å². The number of halogens is 2. The summed E-state index contributed by atoms with van der Waals surface area (Å²) in [7, 11) is 0. The van der Waals surface area contributed by atoms with Crippen molar-refractivity contribution in [2.45, 2.75) is 82.9 Å². The Balaban J connectivity index is 3.58. The first kappa shape index (κ1) is 20.1. The van der Waals surface area contributed by atoms with Crippen molar-refractivity contribution in [1.82, 2.24) is 0 Å². The van der Waals surface area contributed by atoms with Crippen LogP contribution < -0.4 is 0 Å². The SMILES string of the molecule is CCC=COCCCC(CCCCCCCC)C(Cl)Cl. The van der Waals surface area contributed by atoms with Gasteiger partial charge in [0, 0.05) is 0 Å². The maximum atomic E-state index is 6.08. The Kier molecular flexibility index (Phi) is 15.6. The number of unbranched alkanes of at least 4 members (excludes halogenated alkanes) is 5. The quantitative estimate of drug-likeness (QED) is 0.192. The van der Waals surface area contributed by atoms with E-state index in [0.29, 0.717) is 5.92 Å². The summed E-state index contributed by atoms with van der Waals surface area (Å²) < 4.78 is 5.41. The fourth-order valence-corrected chi connectivity index (χ4v) is 2.75. The molecule has 1 nitrogen and oxygen atoms in total. The van der Waals surface area contributed by atoms with Gasteiger partial charge in [0.25, 0.3) is 0 Å². The number of hydrogen-bond acceptors (Lipinski definition) is 1. The van der Waals surface area contributed by atoms with Crippen LogP contribution in [0.3, 0.4) is 0 Å². The third-order valence-corrected chi connectivity index (χ3v) is 4.26. The summed E-state index contributed by atoms with van der Waals surface area (Å²) in [5.41, 5.74) is 0. The normalized spacial score (nSPS) is 13.2. The van der Waals surface area contributed by atoms with Gasteiger partial charge in [0.05, 0.1) is 12.9 Å². The van der Waals surface area contributed by atoms with Crippen LogP contribution in [0.15, 0.2) is 12.3 Å². The lowest BCUT2D eigenvalue weighted by molar-refractivity contribution is 0.231. The first-order chi connectivity index (χ1) is 9.72. The molecule has 0 aliphatic carbocycles. The highest BCUT2D eigenvalue weighted by atomic mass is 35.5. The van der Waals surface area contributed by atoms with Gasteiger partial charge in [-0.05, 0) is 31.6 Å². The van der Waals surface area contributed by atoms with Crippen LogP contribution >= 0.6 is 23.2 Å². The zero-order valence-electron chi connectivity index (χ0n) is 13.3. The Labute approximate surface area is 136 Å². The van der Waals surface area contributed by atoms with Crippen molar-refractivity contribution >= 4 is 23.2 Å². The minimum absolute atomic E-state index is 0.239. The smallest absolute Gasteiger partial charge is 0.110 e. The number of allylic oxidation sites excluding steroid dienone is 1. The summed E-state index contributed by atoms with van der Waals surface area (Å²) in [6.07, 6.45) is 16.0. The Morgan fingerprint density at radius 1 is 0.900 bits per heavy atom. The van der Waals surface area contributed by atoms with Gasteiger partial charge >= 0.3 is 0 Å². The molecule has 20 heavy (non-hydrogen) atoms. The van der Waals surface area contributed by atoms with Crippen LogP contribution in [0, 0.1) is 5.92 Å². The van der Waals surface area contributed by atoms with E-state index < -0.39 is 0 Å². The van der Waals surface area contributed by atoms with Crippen LogP contribution in [0.2, 0.25) is 0 Å². The van der Waals surface area contributed by atoms with E-state index in [1.165, 1.54) is 38.5 Å². The molecule has 1 atom stereocenters. The minimum Gasteiger partial charge on any atom is -0.502 e. The van der Waals surface area contributed by atoms with Crippen molar-refractivity contribution in [3.05, 3.63) is 12.3 Å². The highest BCUT2D eigenvalue weighted by Crippen LogP contribution is 2.26. The standard InChI is InChI=1S/C17H32Cl2O/c1-3-5-7-8-9-10-12-16(17(18)19)13-11-15-20-14-6-4-2/h6,14,16-17H,3-5,7-13,15H2,1-2H3. The second-order valence-corrected chi connectivity index (χ2v) is 6.61. The van der Waals surface area contributed by atoms with E-state index in [2.05, 4.69) is 13.8 Å². The van der Waals surface area contributed by atoms with E-state index in [-0.39, 0.29) is 4.84 Å². The maximum Gasteiger partial charge on any atom is 0.110 e. The second-order valence-electron chi connectivity index (χ2n) is 5.44. The van der Waals surface area contributed by atoms with Gasteiger partial charge in [0.1, 0.15) is 4.84 Å². The summed E-state index contributed by atoms with van der Waals surface area (Å²) in [5, 5.41) is 0. The zero-order chi connectivity index (χ0) is 15.1. The maximum absolute atomic E-state index is 6.08. The third kappa shape index (κ3) is 13.1. The van der Waals surface area contributed by atoms with Gasteiger partial charge in [-0.3, -0.25) is 0 Å². The lowest BCUT2D eigenvalue weighted by atomic mass is 9.97. The summed E-state index contributed by atoms with van der Waals surface area (Å²) in [4.78, 5) is -0.239. The van der Waals surface area contributed by atoms with Gasteiger partial charge in [-0.2, -0.15) is 0 Å². The lowest BCUT2D eigenvalue weighted by Gasteiger charge is -2.17. The first-order valence-corrected chi connectivity index (χ1v) is 9.14. The van der Waals surface area contributed by atoms with Crippen molar-refractivity contribution in [1.29, 1.82) is 0 Å². The summed E-state index contributed by atoms with van der Waals surface area (Å²) in [6, 6.07) is 0. The Morgan fingerprint density at radius 3 is 2.20 bits per heavy atom. The molecular weight excluding hydrogens is 291 g/mol. The van der Waals surface area contributed by atoms with Gasteiger partial charge in [-0.1, -0.05) is 58.4 Å². The lowest BCUT2D eigenvalue weighted by Crippen LogP contribution is -2.10. The van der Waals surface area contributed by atoms with Crippen LogP contribution in [0.1, 0.15) is 78.1 Å². The van der Waals surface area contributed by atoms with E-state index >= 15 is 0 Å². The fourth-order valence-electron chi connectivity index (χ4n) is 2.24. The molecule has 3 heteroatoms. The monoisotopic (exact) mass is 322 g/mol. The highest BCUT2D eigenvalue weighted by molar-refractivity contribution is 6.44. The Hall–Kier alpha value is 0.120. The average Bonchev–Trinajstić information content (AvgIpc) is 2.43. The molecule has 120 valence electrons. The molecule has 0 aliphatic heterocycles. The fraction of sp³-hybridized carbons (Fsp3) is 0.882. The molecule has 0 fully saturated rings. The number of hydrogen-bond donors (Lipinski definition) is 0. The van der Waals surface area contributed by atoms with E-state index in [1.807, 2.05) is 6.08 Å². The van der Waals surface area contributed by atoms with Crippen LogP contribution in [-0.2, 0) is 4.74 Å². The molecule has 0 aliphatic rings. The molecule has 0 aromatic carbocycles. The van der Waals surface area contributed by atoms with E-state index in [1.54, 1.807) is 6.26 Å². The van der Waals surface area contributed by atoms with Crippen LogP contribution in [0.5, 0.6) is 0 Å². The van der Waals surface area contributed by atoms with E-state index in [9.17, 15) is 0 Å². The predicted molar refractivity (Wildman–Crippen MR) is 91.6 cm³/mol. The minimum atomic E-state index is -0.239. The molecule has 0 rings (SSSR count). The third-order valence-electron chi connectivity index (χ3n) is 3.55. The van der Waals surface area contributed by atoms with Gasteiger partial charge in [0.15, 0.2) is 0 Å². The van der Waals surface area contributed by atoms with E-state index in [0.717, 1.165) is 32.3 Å². The second kappa shape index (κ2) is 15.5. The Morgan fingerprint density at radius 2 is 1.55 bits per heavy atom. The summed E-state index contributed by atoms with van der Waals surface area (Å²) in [6.45, 7) is 5.12. The van der Waals surface area contributed by atoms with Crippen molar-refractivity contribution < 1.29 is 4.74 Å². The van der Waals surface area contributed by atoms with Gasteiger partial charge in [-0.25, -0.2) is 0 Å². The van der Waals surface area contributed by atoms with Crippen molar-refractivity contribution in [2.75, 3.05) is 6.61 Å². The van der Waals surface area contributed by atoms with Gasteiger partial charge in [-0.15, -0.1) is 23.2 Å². The number of rotatable bonds is 14. The van der Waals surface area contributed by atoms with Crippen molar-refractivity contribution in [3.63, 3.8) is 0 Å². The number of alkyl halides is 2. The van der Waals surface area contributed by atoms with Crippen molar-refractivity contribution in [2.24, 2.45) is 5.92 Å². The summed E-state index contributed by atoms with van der Waals surface area (Å²) in [5.74, 6) is 0.420. The molecule has 0 saturated carbocycles. The van der Waals surface area contributed by atoms with Gasteiger partial charge < -0.3 is 4.74 Å². The molecule has 0 radical (unpaired) electrons. The van der Waals surface area contributed by atoms with Crippen LogP contribution in [-0.4, -0.2) is 11.4 Å². The molecule has 0 aromatic heterocycles. The highest BCUT2D eigenvalue weighted by Gasteiger charge is 2.16.